The number of unbranched alkanes of at least 4 members (excludes halogenated alkanes) is 1. The summed E-state index contributed by atoms with van der Waals surface area (Å²) in [6, 6.07) is 5.21. The smallest absolute Gasteiger partial charge is 0.160 e. The van der Waals surface area contributed by atoms with Gasteiger partial charge in [0.2, 0.25) is 0 Å². The molecule has 0 aromatic heterocycles. The quantitative estimate of drug-likeness (QED) is 0.586. The number of halogens is 2. The molecule has 0 N–H and O–H groups in total. The Morgan fingerprint density at radius 1 is 1.16 bits per heavy atom. The first-order valence-corrected chi connectivity index (χ1v) is 9.90. The van der Waals surface area contributed by atoms with Crippen LogP contribution in [-0.4, -0.2) is 19.5 Å². The lowest BCUT2D eigenvalue weighted by atomic mass is 9.78. The van der Waals surface area contributed by atoms with Crippen molar-refractivity contribution in [2.24, 2.45) is 11.8 Å². The highest BCUT2D eigenvalue weighted by Crippen LogP contribution is 2.39. The average Bonchev–Trinajstić information content (AvgIpc) is 2.65. The average molecular weight is 367 g/mol. The maximum atomic E-state index is 13.7. The summed E-state index contributed by atoms with van der Waals surface area (Å²) in [5.74, 6) is 0.934. The van der Waals surface area contributed by atoms with Gasteiger partial charge in [0, 0.05) is 11.8 Å². The van der Waals surface area contributed by atoms with Gasteiger partial charge in [-0.1, -0.05) is 43.2 Å². The molecule has 138 valence electrons. The molecule has 0 amide bonds. The molecule has 0 bridgehead atoms. The lowest BCUT2D eigenvalue weighted by Crippen LogP contribution is -2.37. The van der Waals surface area contributed by atoms with Crippen LogP contribution < -0.4 is 0 Å². The van der Waals surface area contributed by atoms with Gasteiger partial charge in [-0.25, -0.2) is 4.39 Å². The van der Waals surface area contributed by atoms with Gasteiger partial charge in [-0.05, 0) is 55.7 Å². The first-order chi connectivity index (χ1) is 12.2. The summed E-state index contributed by atoms with van der Waals surface area (Å²) in [5.41, 5.74) is 1.06. The maximum Gasteiger partial charge on any atom is 0.160 e. The largest absolute Gasteiger partial charge is 0.352 e. The van der Waals surface area contributed by atoms with E-state index in [2.05, 4.69) is 19.1 Å². The van der Waals surface area contributed by atoms with Crippen LogP contribution in [0.25, 0.3) is 0 Å². The molecule has 0 unspecified atom stereocenters. The number of allylic oxidation sites excluding steroid dienone is 1. The molecule has 1 aromatic carbocycles. The minimum Gasteiger partial charge on any atom is -0.352 e. The SMILES string of the molecule is CCC/C=C/[C@H]1CO[C@H](C2CCC(c3ccc(Cl)c(F)c3)CC2)OC1. The molecule has 25 heavy (non-hydrogen) atoms. The van der Waals surface area contributed by atoms with E-state index in [1.54, 1.807) is 12.1 Å². The molecule has 0 radical (unpaired) electrons. The molecule has 0 spiro atoms. The summed E-state index contributed by atoms with van der Waals surface area (Å²) in [5, 5.41) is 0.198. The predicted octanol–water partition coefficient (Wildman–Crippen LogP) is 6.10. The van der Waals surface area contributed by atoms with Gasteiger partial charge in [0.05, 0.1) is 18.2 Å². The lowest BCUT2D eigenvalue weighted by molar-refractivity contribution is -0.222. The van der Waals surface area contributed by atoms with Crippen molar-refractivity contribution in [3.05, 3.63) is 46.8 Å². The topological polar surface area (TPSA) is 18.5 Å². The minimum absolute atomic E-state index is 0.0706. The van der Waals surface area contributed by atoms with Crippen LogP contribution in [0.3, 0.4) is 0 Å². The third kappa shape index (κ3) is 5.06. The molecule has 1 aromatic rings. The Bertz CT molecular complexity index is 573. The molecule has 1 saturated carbocycles. The van der Waals surface area contributed by atoms with Crippen LogP contribution in [0, 0.1) is 17.7 Å². The molecule has 1 aliphatic heterocycles. The molecule has 4 heteroatoms. The van der Waals surface area contributed by atoms with Gasteiger partial charge in [-0.15, -0.1) is 0 Å². The van der Waals surface area contributed by atoms with E-state index >= 15 is 0 Å². The second-order valence-electron chi connectivity index (χ2n) is 7.30. The zero-order valence-electron chi connectivity index (χ0n) is 14.9. The summed E-state index contributed by atoms with van der Waals surface area (Å²) < 4.78 is 25.6. The minimum atomic E-state index is -0.317. The normalized spacial score (nSPS) is 30.7. The Hall–Kier alpha value is -0.900. The van der Waals surface area contributed by atoms with Crippen LogP contribution in [0.5, 0.6) is 0 Å². The van der Waals surface area contributed by atoms with Crippen LogP contribution in [0.2, 0.25) is 5.02 Å². The van der Waals surface area contributed by atoms with Gasteiger partial charge in [0.25, 0.3) is 0 Å². The Labute approximate surface area is 155 Å². The molecular formula is C21H28ClFO2. The summed E-state index contributed by atoms with van der Waals surface area (Å²) in [6.07, 6.45) is 10.9. The van der Waals surface area contributed by atoms with Gasteiger partial charge in [-0.3, -0.25) is 0 Å². The van der Waals surface area contributed by atoms with Crippen molar-refractivity contribution < 1.29 is 13.9 Å². The first-order valence-electron chi connectivity index (χ1n) is 9.52. The predicted molar refractivity (Wildman–Crippen MR) is 99.3 cm³/mol. The Morgan fingerprint density at radius 3 is 2.52 bits per heavy atom. The van der Waals surface area contributed by atoms with Crippen LogP contribution >= 0.6 is 11.6 Å². The molecule has 2 aliphatic rings. The summed E-state index contributed by atoms with van der Waals surface area (Å²) in [7, 11) is 0. The second-order valence-corrected chi connectivity index (χ2v) is 7.70. The number of rotatable bonds is 5. The van der Waals surface area contributed by atoms with Crippen molar-refractivity contribution >= 4 is 11.6 Å². The number of ether oxygens (including phenoxy) is 2. The molecule has 1 heterocycles. The fraction of sp³-hybridized carbons (Fsp3) is 0.619. The van der Waals surface area contributed by atoms with Crippen LogP contribution in [0.15, 0.2) is 30.4 Å². The van der Waals surface area contributed by atoms with E-state index in [-0.39, 0.29) is 17.1 Å². The van der Waals surface area contributed by atoms with E-state index in [0.717, 1.165) is 50.9 Å². The van der Waals surface area contributed by atoms with E-state index in [0.29, 0.717) is 17.8 Å². The monoisotopic (exact) mass is 366 g/mol. The van der Waals surface area contributed by atoms with E-state index in [1.807, 2.05) is 6.07 Å². The summed E-state index contributed by atoms with van der Waals surface area (Å²) >= 11 is 5.78. The molecule has 2 fully saturated rings. The van der Waals surface area contributed by atoms with E-state index < -0.39 is 0 Å². The molecule has 2 nitrogen and oxygen atoms in total. The Kier molecular flexibility index (Phi) is 6.92. The van der Waals surface area contributed by atoms with Crippen LogP contribution in [0.4, 0.5) is 4.39 Å². The standard InChI is InChI=1S/C21H28ClFO2/c1-2-3-4-5-15-13-24-21(25-14-15)17-8-6-16(7-9-17)18-10-11-19(22)20(23)12-18/h4-5,10-12,15-17,21H,2-3,6-9,13-14H2,1H3/b5-4+/t15-,16?,17?,21-. The van der Waals surface area contributed by atoms with E-state index in [1.165, 1.54) is 6.42 Å². The first kappa shape index (κ1) is 18.9. The van der Waals surface area contributed by atoms with Gasteiger partial charge in [0.15, 0.2) is 6.29 Å². The van der Waals surface area contributed by atoms with Gasteiger partial charge in [0.1, 0.15) is 5.82 Å². The lowest BCUT2D eigenvalue weighted by Gasteiger charge is -2.37. The van der Waals surface area contributed by atoms with Crippen molar-refractivity contribution in [1.29, 1.82) is 0 Å². The van der Waals surface area contributed by atoms with E-state index in [4.69, 9.17) is 21.1 Å². The van der Waals surface area contributed by atoms with Crippen molar-refractivity contribution in [3.8, 4) is 0 Å². The number of benzene rings is 1. The molecule has 1 saturated heterocycles. The van der Waals surface area contributed by atoms with Gasteiger partial charge >= 0.3 is 0 Å². The molecular weight excluding hydrogens is 339 g/mol. The van der Waals surface area contributed by atoms with Crippen LogP contribution in [0.1, 0.15) is 56.9 Å². The summed E-state index contributed by atoms with van der Waals surface area (Å²) in [6.45, 7) is 3.70. The molecule has 0 atom stereocenters. The Balaban J connectivity index is 1.46. The van der Waals surface area contributed by atoms with E-state index in [9.17, 15) is 4.39 Å². The van der Waals surface area contributed by atoms with Gasteiger partial charge in [-0.2, -0.15) is 0 Å². The fourth-order valence-electron chi connectivity index (χ4n) is 3.86. The highest BCUT2D eigenvalue weighted by molar-refractivity contribution is 6.30. The zero-order chi connectivity index (χ0) is 17.6. The number of hydrogen-bond acceptors (Lipinski definition) is 2. The molecule has 1 aliphatic carbocycles. The number of hydrogen-bond donors (Lipinski definition) is 0. The third-order valence-electron chi connectivity index (χ3n) is 5.38. The highest BCUT2D eigenvalue weighted by atomic mass is 35.5. The maximum absolute atomic E-state index is 13.7. The third-order valence-corrected chi connectivity index (χ3v) is 5.69. The highest BCUT2D eigenvalue weighted by Gasteiger charge is 2.32. The van der Waals surface area contributed by atoms with Crippen molar-refractivity contribution in [1.82, 2.24) is 0 Å². The van der Waals surface area contributed by atoms with Gasteiger partial charge < -0.3 is 9.47 Å². The van der Waals surface area contributed by atoms with Crippen molar-refractivity contribution in [3.63, 3.8) is 0 Å². The Morgan fingerprint density at radius 2 is 1.88 bits per heavy atom. The zero-order valence-corrected chi connectivity index (χ0v) is 15.7. The van der Waals surface area contributed by atoms with Crippen molar-refractivity contribution in [2.45, 2.75) is 57.7 Å². The van der Waals surface area contributed by atoms with Crippen LogP contribution in [-0.2, 0) is 9.47 Å². The fourth-order valence-corrected chi connectivity index (χ4v) is 3.98. The second kappa shape index (κ2) is 9.16. The van der Waals surface area contributed by atoms with Crippen molar-refractivity contribution in [2.75, 3.05) is 13.2 Å². The summed E-state index contributed by atoms with van der Waals surface area (Å²) in [4.78, 5) is 0. The molecule has 3 rings (SSSR count).